The quantitative estimate of drug-likeness (QED) is 0.374. The minimum atomic E-state index is -0.254. The molecule has 1 aromatic carbocycles. The molecule has 116 valence electrons. The molecule has 0 aromatic heterocycles. The third kappa shape index (κ3) is 7.63. The highest BCUT2D eigenvalue weighted by Gasteiger charge is 2.03. The fourth-order valence-electron chi connectivity index (χ4n) is 1.55. The maximum absolute atomic E-state index is 11.3. The molecule has 0 aliphatic carbocycles. The maximum atomic E-state index is 11.3. The molecule has 0 aliphatic heterocycles. The van der Waals surface area contributed by atoms with Gasteiger partial charge in [0.2, 0.25) is 0 Å². The molecule has 1 rings (SSSR count). The largest absolute Gasteiger partial charge is 0.463 e. The van der Waals surface area contributed by atoms with Crippen LogP contribution in [-0.2, 0) is 9.53 Å². The summed E-state index contributed by atoms with van der Waals surface area (Å²) in [5.41, 5.74) is 1.02. The van der Waals surface area contributed by atoms with Crippen LogP contribution >= 0.6 is 23.5 Å². The second kappa shape index (κ2) is 9.96. The number of carbonyl (C=O) groups excluding carboxylic acids is 1. The van der Waals surface area contributed by atoms with E-state index in [0.29, 0.717) is 11.9 Å². The van der Waals surface area contributed by atoms with E-state index < -0.39 is 0 Å². The Morgan fingerprint density at radius 3 is 2.43 bits per heavy atom. The average molecular weight is 325 g/mol. The molecule has 0 fully saturated rings. The third-order valence-electron chi connectivity index (χ3n) is 2.85. The van der Waals surface area contributed by atoms with Gasteiger partial charge in [-0.2, -0.15) is 0 Å². The summed E-state index contributed by atoms with van der Waals surface area (Å²) in [7, 11) is 0. The summed E-state index contributed by atoms with van der Waals surface area (Å²) < 4.78 is 4.90. The van der Waals surface area contributed by atoms with E-state index in [1.54, 1.807) is 17.8 Å². The molecule has 0 heterocycles. The molecule has 0 N–H and O–H groups in total. The van der Waals surface area contributed by atoms with E-state index in [0.717, 1.165) is 11.3 Å². The summed E-state index contributed by atoms with van der Waals surface area (Å²) in [6.45, 7) is 8.65. The highest BCUT2D eigenvalue weighted by atomic mass is 32.2. The standard InChI is InChI=1S/C17H24O2S2/c1-5-14(4)21-16-9-7-15(8-10-16)20-12-13(3)11-17(18)19-6-2/h7-11,14H,5-6,12H2,1-4H3. The monoisotopic (exact) mass is 324 g/mol. The minimum absolute atomic E-state index is 0.254. The van der Waals surface area contributed by atoms with Crippen molar-refractivity contribution in [1.82, 2.24) is 0 Å². The Bertz CT molecular complexity index is 466. The van der Waals surface area contributed by atoms with Crippen molar-refractivity contribution >= 4 is 29.5 Å². The van der Waals surface area contributed by atoms with Crippen molar-refractivity contribution in [2.24, 2.45) is 0 Å². The van der Waals surface area contributed by atoms with Gasteiger partial charge in [0.25, 0.3) is 0 Å². The van der Waals surface area contributed by atoms with Crippen molar-refractivity contribution in [3.05, 3.63) is 35.9 Å². The van der Waals surface area contributed by atoms with Gasteiger partial charge in [-0.3, -0.25) is 0 Å². The molecule has 1 unspecified atom stereocenters. The summed E-state index contributed by atoms with van der Waals surface area (Å²) in [5.74, 6) is 0.548. The van der Waals surface area contributed by atoms with Crippen molar-refractivity contribution in [1.29, 1.82) is 0 Å². The highest BCUT2D eigenvalue weighted by Crippen LogP contribution is 2.28. The van der Waals surface area contributed by atoms with E-state index in [4.69, 9.17) is 4.74 Å². The first-order valence-electron chi connectivity index (χ1n) is 7.28. The molecule has 0 saturated carbocycles. The number of hydrogen-bond donors (Lipinski definition) is 0. The fraction of sp³-hybridized carbons (Fsp3) is 0.471. The topological polar surface area (TPSA) is 26.3 Å². The van der Waals surface area contributed by atoms with Gasteiger partial charge in [0.05, 0.1) is 6.61 Å². The van der Waals surface area contributed by atoms with Gasteiger partial charge in [-0.25, -0.2) is 4.79 Å². The Hall–Kier alpha value is -0.870. The third-order valence-corrected chi connectivity index (χ3v) is 5.34. The second-order valence-corrected chi connectivity index (χ2v) is 7.40. The van der Waals surface area contributed by atoms with Crippen molar-refractivity contribution in [2.75, 3.05) is 12.4 Å². The van der Waals surface area contributed by atoms with E-state index >= 15 is 0 Å². The van der Waals surface area contributed by atoms with Crippen molar-refractivity contribution in [2.45, 2.75) is 49.2 Å². The van der Waals surface area contributed by atoms with Gasteiger partial charge in [-0.05, 0) is 44.5 Å². The van der Waals surface area contributed by atoms with E-state index in [1.807, 2.05) is 25.6 Å². The zero-order valence-corrected chi connectivity index (χ0v) is 14.9. The Morgan fingerprint density at radius 1 is 1.24 bits per heavy atom. The smallest absolute Gasteiger partial charge is 0.330 e. The molecule has 0 radical (unpaired) electrons. The fourth-order valence-corrected chi connectivity index (χ4v) is 3.28. The van der Waals surface area contributed by atoms with Gasteiger partial charge in [0, 0.05) is 26.9 Å². The zero-order chi connectivity index (χ0) is 15.7. The molecular weight excluding hydrogens is 300 g/mol. The second-order valence-electron chi connectivity index (χ2n) is 4.84. The van der Waals surface area contributed by atoms with Crippen molar-refractivity contribution in [3.8, 4) is 0 Å². The van der Waals surface area contributed by atoms with Crippen LogP contribution in [0.15, 0.2) is 45.7 Å². The molecule has 0 bridgehead atoms. The number of carbonyl (C=O) groups is 1. The van der Waals surface area contributed by atoms with Gasteiger partial charge in [0.1, 0.15) is 0 Å². The summed E-state index contributed by atoms with van der Waals surface area (Å²) in [4.78, 5) is 13.9. The van der Waals surface area contributed by atoms with E-state index in [-0.39, 0.29) is 5.97 Å². The first-order chi connectivity index (χ1) is 10.0. The first-order valence-corrected chi connectivity index (χ1v) is 9.15. The lowest BCUT2D eigenvalue weighted by Crippen LogP contribution is -2.01. The molecule has 0 saturated heterocycles. The molecule has 2 nitrogen and oxygen atoms in total. The van der Waals surface area contributed by atoms with Gasteiger partial charge in [-0.1, -0.05) is 19.4 Å². The van der Waals surface area contributed by atoms with E-state index in [1.165, 1.54) is 16.2 Å². The lowest BCUT2D eigenvalue weighted by Gasteiger charge is -2.08. The summed E-state index contributed by atoms with van der Waals surface area (Å²) >= 11 is 3.65. The SMILES string of the molecule is CCOC(=O)C=C(C)CSc1ccc(SC(C)CC)cc1. The van der Waals surface area contributed by atoms with Crippen LogP contribution in [0.3, 0.4) is 0 Å². The normalized spacial score (nSPS) is 13.0. The van der Waals surface area contributed by atoms with Crippen LogP contribution in [0.1, 0.15) is 34.1 Å². The molecule has 4 heteroatoms. The number of rotatable bonds is 8. The number of ether oxygens (including phenoxy) is 1. The average Bonchev–Trinajstić information content (AvgIpc) is 2.46. The molecule has 1 atom stereocenters. The Morgan fingerprint density at radius 2 is 1.86 bits per heavy atom. The van der Waals surface area contributed by atoms with E-state index in [2.05, 4.69) is 38.1 Å². The Kier molecular flexibility index (Phi) is 8.62. The zero-order valence-electron chi connectivity index (χ0n) is 13.2. The Balaban J connectivity index is 2.47. The van der Waals surface area contributed by atoms with Gasteiger partial charge >= 0.3 is 5.97 Å². The molecule has 0 spiro atoms. The van der Waals surface area contributed by atoms with Crippen LogP contribution in [-0.4, -0.2) is 23.6 Å². The maximum Gasteiger partial charge on any atom is 0.330 e. The molecule has 0 amide bonds. The summed E-state index contributed by atoms with van der Waals surface area (Å²) in [6.07, 6.45) is 2.75. The van der Waals surface area contributed by atoms with Gasteiger partial charge in [-0.15, -0.1) is 23.5 Å². The van der Waals surface area contributed by atoms with Crippen LogP contribution in [0.25, 0.3) is 0 Å². The first kappa shape index (κ1) is 18.2. The van der Waals surface area contributed by atoms with Crippen molar-refractivity contribution in [3.63, 3.8) is 0 Å². The molecule has 21 heavy (non-hydrogen) atoms. The predicted molar refractivity (Wildman–Crippen MR) is 93.2 cm³/mol. The van der Waals surface area contributed by atoms with Gasteiger partial charge < -0.3 is 4.74 Å². The molecule has 0 aliphatic rings. The predicted octanol–water partition coefficient (Wildman–Crippen LogP) is 5.18. The van der Waals surface area contributed by atoms with Crippen LogP contribution in [0.2, 0.25) is 0 Å². The minimum Gasteiger partial charge on any atom is -0.463 e. The van der Waals surface area contributed by atoms with Crippen molar-refractivity contribution < 1.29 is 9.53 Å². The van der Waals surface area contributed by atoms with Crippen LogP contribution in [0.5, 0.6) is 0 Å². The van der Waals surface area contributed by atoms with E-state index in [9.17, 15) is 4.79 Å². The lowest BCUT2D eigenvalue weighted by atomic mass is 10.3. The van der Waals surface area contributed by atoms with Crippen LogP contribution in [0, 0.1) is 0 Å². The molecular formula is C17H24O2S2. The van der Waals surface area contributed by atoms with Crippen LogP contribution in [0.4, 0.5) is 0 Å². The van der Waals surface area contributed by atoms with Crippen LogP contribution < -0.4 is 0 Å². The number of benzene rings is 1. The number of hydrogen-bond acceptors (Lipinski definition) is 4. The highest BCUT2D eigenvalue weighted by molar-refractivity contribution is 8.00. The number of thioether (sulfide) groups is 2. The summed E-state index contributed by atoms with van der Waals surface area (Å²) in [6, 6.07) is 8.63. The lowest BCUT2D eigenvalue weighted by molar-refractivity contribution is -0.137. The summed E-state index contributed by atoms with van der Waals surface area (Å²) in [5, 5.41) is 0.651. The Labute approximate surface area is 136 Å². The molecule has 1 aromatic rings. The number of esters is 1. The van der Waals surface area contributed by atoms with Gasteiger partial charge in [0.15, 0.2) is 0 Å².